The molecule has 0 fully saturated rings. The molecule has 0 atom stereocenters. The first-order valence-corrected chi connectivity index (χ1v) is 5.84. The fourth-order valence-electron chi connectivity index (χ4n) is 0.661. The van der Waals surface area contributed by atoms with Crippen LogP contribution in [0.2, 0.25) is 0 Å². The van der Waals surface area contributed by atoms with Gasteiger partial charge in [-0.15, -0.1) is 0 Å². The molecule has 0 aliphatic rings. The van der Waals surface area contributed by atoms with Crippen LogP contribution in [0.4, 0.5) is 0 Å². The van der Waals surface area contributed by atoms with Crippen LogP contribution in [0.5, 0.6) is 0 Å². The molecule has 2 heteroatoms. The Labute approximate surface area is 77.3 Å². The molecule has 0 saturated carbocycles. The Morgan fingerprint density at radius 2 is 2.00 bits per heavy atom. The Hall–Kier alpha value is -0.510. The summed E-state index contributed by atoms with van der Waals surface area (Å²) in [5, 5.41) is 0. The first kappa shape index (κ1) is 8.59. The van der Waals surface area contributed by atoms with Crippen LogP contribution in [0, 0.1) is 3.57 Å². The van der Waals surface area contributed by atoms with Gasteiger partial charge in [-0.2, -0.15) is 0 Å². The summed E-state index contributed by atoms with van der Waals surface area (Å²) in [5.74, 6) is 0. The maximum atomic E-state index is 4.82. The Balaban J connectivity index is 2.45. The van der Waals surface area contributed by atoms with Crippen LogP contribution in [-0.4, -0.2) is 7.11 Å². The van der Waals surface area contributed by atoms with Gasteiger partial charge >= 0.3 is 77.3 Å². The molecular weight excluding hydrogens is 251 g/mol. The van der Waals surface area contributed by atoms with Crippen molar-refractivity contribution in [2.75, 3.05) is 7.11 Å². The molecule has 0 aliphatic carbocycles. The summed E-state index contributed by atoms with van der Waals surface area (Å²) >= 11 is -0.153. The quantitative estimate of drug-likeness (QED) is 0.601. The van der Waals surface area contributed by atoms with E-state index in [-0.39, 0.29) is 21.2 Å². The van der Waals surface area contributed by atoms with E-state index in [4.69, 9.17) is 4.74 Å². The molecule has 0 heterocycles. The normalized spacial score (nSPS) is 10.6. The first-order valence-electron chi connectivity index (χ1n) is 3.33. The van der Waals surface area contributed by atoms with Crippen molar-refractivity contribution in [2.24, 2.45) is 0 Å². The van der Waals surface area contributed by atoms with E-state index in [0.717, 1.165) is 0 Å². The van der Waals surface area contributed by atoms with Gasteiger partial charge in [-0.3, -0.25) is 0 Å². The van der Waals surface area contributed by atoms with Crippen molar-refractivity contribution in [2.45, 2.75) is 0 Å². The van der Waals surface area contributed by atoms with E-state index in [1.54, 1.807) is 13.4 Å². The zero-order chi connectivity index (χ0) is 7.94. The van der Waals surface area contributed by atoms with Gasteiger partial charge in [0.2, 0.25) is 0 Å². The maximum absolute atomic E-state index is 4.82. The van der Waals surface area contributed by atoms with Gasteiger partial charge in [0, 0.05) is 0 Å². The van der Waals surface area contributed by atoms with E-state index < -0.39 is 0 Å². The summed E-state index contributed by atoms with van der Waals surface area (Å²) < 4.78 is 8.38. The van der Waals surface area contributed by atoms with Gasteiger partial charge in [0.25, 0.3) is 0 Å². The summed E-state index contributed by atoms with van der Waals surface area (Å²) in [4.78, 5) is 0. The van der Waals surface area contributed by atoms with Gasteiger partial charge in [-0.1, -0.05) is 0 Å². The van der Waals surface area contributed by atoms with E-state index in [1.165, 1.54) is 3.57 Å². The van der Waals surface area contributed by atoms with E-state index in [2.05, 4.69) is 28.3 Å². The van der Waals surface area contributed by atoms with Crippen LogP contribution < -0.4 is 0 Å². The summed E-state index contributed by atoms with van der Waals surface area (Å²) in [6.45, 7) is 0. The van der Waals surface area contributed by atoms with Gasteiger partial charge in [0.15, 0.2) is 0 Å². The molecule has 0 aliphatic heterocycles. The second-order valence-electron chi connectivity index (χ2n) is 1.94. The van der Waals surface area contributed by atoms with Crippen molar-refractivity contribution in [3.63, 3.8) is 0 Å². The Morgan fingerprint density at radius 3 is 2.64 bits per heavy atom. The molecular formula is C9H11IO. The number of rotatable bonds is 3. The molecule has 1 nitrogen and oxygen atoms in total. The number of hydrogen-bond donors (Lipinski definition) is 0. The third kappa shape index (κ3) is 3.41. The van der Waals surface area contributed by atoms with Crippen LogP contribution in [0.15, 0.2) is 40.7 Å². The second kappa shape index (κ2) is 5.18. The summed E-state index contributed by atoms with van der Waals surface area (Å²) in [6.07, 6.45) is 1.76. The van der Waals surface area contributed by atoms with E-state index in [9.17, 15) is 0 Å². The molecule has 1 aromatic carbocycles. The van der Waals surface area contributed by atoms with Crippen molar-refractivity contribution < 1.29 is 4.74 Å². The van der Waals surface area contributed by atoms with Crippen molar-refractivity contribution in [3.8, 4) is 0 Å². The fourth-order valence-corrected chi connectivity index (χ4v) is 2.48. The molecule has 0 radical (unpaired) electrons. The molecule has 0 amide bonds. The van der Waals surface area contributed by atoms with Gasteiger partial charge in [0.1, 0.15) is 0 Å². The number of halogens is 1. The van der Waals surface area contributed by atoms with Gasteiger partial charge in [-0.25, -0.2) is 0 Å². The third-order valence-electron chi connectivity index (χ3n) is 1.14. The number of methoxy groups -OCH3 is 1. The molecule has 1 aromatic rings. The monoisotopic (exact) mass is 262 g/mol. The van der Waals surface area contributed by atoms with Crippen LogP contribution in [-0.2, 0) is 4.74 Å². The molecule has 60 valence electrons. The summed E-state index contributed by atoms with van der Waals surface area (Å²) in [6, 6.07) is 10.5. The third-order valence-corrected chi connectivity index (χ3v) is 3.40. The molecule has 0 aromatic heterocycles. The van der Waals surface area contributed by atoms with E-state index >= 15 is 0 Å². The van der Waals surface area contributed by atoms with E-state index in [1.807, 2.05) is 6.07 Å². The SMILES string of the molecule is CO/C=C/[IH]c1ccccc1. The molecule has 1 rings (SSSR count). The van der Waals surface area contributed by atoms with Gasteiger partial charge in [-0.05, 0) is 0 Å². The zero-order valence-electron chi connectivity index (χ0n) is 6.36. The molecule has 0 unspecified atom stereocenters. The fraction of sp³-hybridized carbons (Fsp3) is 0.111. The second-order valence-corrected chi connectivity index (χ2v) is 4.73. The van der Waals surface area contributed by atoms with Crippen molar-refractivity contribution >= 4 is 21.2 Å². The standard InChI is InChI=1S/C9H11IO/c1-11-8-7-10-9-5-3-2-4-6-9/h2-8,10H,1H3/b8-7+. The molecule has 0 saturated heterocycles. The van der Waals surface area contributed by atoms with Crippen LogP contribution >= 0.6 is 21.2 Å². The Bertz CT molecular complexity index is 218. The van der Waals surface area contributed by atoms with Crippen LogP contribution in [0.3, 0.4) is 0 Å². The number of benzene rings is 1. The van der Waals surface area contributed by atoms with Crippen molar-refractivity contribution in [1.29, 1.82) is 0 Å². The number of hydrogen-bond acceptors (Lipinski definition) is 1. The van der Waals surface area contributed by atoms with Gasteiger partial charge < -0.3 is 0 Å². The molecule has 0 bridgehead atoms. The molecule has 0 spiro atoms. The predicted molar refractivity (Wildman–Crippen MR) is 56.7 cm³/mol. The van der Waals surface area contributed by atoms with E-state index in [0.29, 0.717) is 0 Å². The average molecular weight is 262 g/mol. The van der Waals surface area contributed by atoms with Gasteiger partial charge in [0.05, 0.1) is 0 Å². The summed E-state index contributed by atoms with van der Waals surface area (Å²) in [7, 11) is 1.68. The van der Waals surface area contributed by atoms with Crippen molar-refractivity contribution in [3.05, 3.63) is 44.2 Å². The Morgan fingerprint density at radius 1 is 1.27 bits per heavy atom. The Kier molecular flexibility index (Phi) is 4.04. The van der Waals surface area contributed by atoms with Crippen molar-refractivity contribution in [1.82, 2.24) is 0 Å². The first-order chi connectivity index (χ1) is 5.43. The summed E-state index contributed by atoms with van der Waals surface area (Å²) in [5.41, 5.74) is 0. The zero-order valence-corrected chi connectivity index (χ0v) is 8.69. The molecule has 0 N–H and O–H groups in total. The average Bonchev–Trinajstić information content (AvgIpc) is 2.07. The minimum absolute atomic E-state index is 0.153. The molecule has 11 heavy (non-hydrogen) atoms. The minimum atomic E-state index is -0.153. The van der Waals surface area contributed by atoms with Crippen LogP contribution in [0.25, 0.3) is 0 Å². The van der Waals surface area contributed by atoms with Crippen LogP contribution in [0.1, 0.15) is 0 Å². The topological polar surface area (TPSA) is 9.23 Å². The predicted octanol–water partition coefficient (Wildman–Crippen LogP) is 2.68. The number of ether oxygens (including phenoxy) is 1.